The molecule has 9 heteroatoms. The van der Waals surface area contributed by atoms with Crippen molar-refractivity contribution in [1.82, 2.24) is 25.2 Å². The van der Waals surface area contributed by atoms with Gasteiger partial charge in [-0.25, -0.2) is 9.97 Å². The number of benzene rings is 2. The highest BCUT2D eigenvalue weighted by Crippen LogP contribution is 2.31. The zero-order valence-corrected chi connectivity index (χ0v) is 23.2. The molecule has 4 heterocycles. The smallest absolute Gasteiger partial charge is 0.253 e. The van der Waals surface area contributed by atoms with Crippen molar-refractivity contribution in [3.05, 3.63) is 71.7 Å². The first-order valence-electron chi connectivity index (χ1n) is 14.2. The number of likely N-dealkylation sites (tertiary alicyclic amines) is 1. The van der Waals surface area contributed by atoms with Gasteiger partial charge < -0.3 is 30.2 Å². The van der Waals surface area contributed by atoms with Gasteiger partial charge in [-0.05, 0) is 63.0 Å². The Balaban J connectivity index is 1.22. The monoisotopic (exact) mass is 539 g/mol. The maximum atomic E-state index is 12.4. The Kier molecular flexibility index (Phi) is 7.55. The van der Waals surface area contributed by atoms with Crippen LogP contribution in [0.2, 0.25) is 0 Å². The van der Waals surface area contributed by atoms with Gasteiger partial charge >= 0.3 is 0 Å². The van der Waals surface area contributed by atoms with Crippen LogP contribution in [0.3, 0.4) is 0 Å². The fourth-order valence-electron chi connectivity index (χ4n) is 6.06. The molecule has 2 aliphatic rings. The molecule has 208 valence electrons. The number of carbonyl (C=O) groups is 1. The van der Waals surface area contributed by atoms with Crippen LogP contribution in [0, 0.1) is 0 Å². The van der Waals surface area contributed by atoms with E-state index in [9.17, 15) is 4.79 Å². The van der Waals surface area contributed by atoms with E-state index in [2.05, 4.69) is 43.6 Å². The fraction of sp³-hybridized carbons (Fsp3) is 0.387. The third kappa shape index (κ3) is 5.34. The summed E-state index contributed by atoms with van der Waals surface area (Å²) in [5.74, 6) is 1.98. The summed E-state index contributed by atoms with van der Waals surface area (Å²) in [6, 6.07) is 16.5. The van der Waals surface area contributed by atoms with Gasteiger partial charge in [-0.2, -0.15) is 0 Å². The minimum Gasteiger partial charge on any atom is -0.496 e. The standard InChI is InChI=1S/C31H37N7O2/c1-32-31(39)24-7-3-4-8-25(24)35-30-29-26(11-14-33-29)34-28(36-30)19-21-9-10-23(20-27(21)40-2)38-17-12-22(13-18-38)37-15-5-6-16-37/h3-4,7-11,14,20,22,33H,5-6,12-13,15-19H2,1-2H3,(H,32,39)(H,34,35,36). The number of H-pyrrole nitrogens is 1. The van der Waals surface area contributed by atoms with Gasteiger partial charge in [0.1, 0.15) is 17.1 Å². The van der Waals surface area contributed by atoms with Gasteiger partial charge in [-0.3, -0.25) is 4.79 Å². The number of hydrogen-bond donors (Lipinski definition) is 3. The number of ether oxygens (including phenoxy) is 1. The fourth-order valence-corrected chi connectivity index (χ4v) is 6.06. The molecule has 0 atom stereocenters. The van der Waals surface area contributed by atoms with Crippen molar-refractivity contribution in [3.8, 4) is 5.75 Å². The molecule has 6 rings (SSSR count). The molecule has 9 nitrogen and oxygen atoms in total. The van der Waals surface area contributed by atoms with Gasteiger partial charge in [0.25, 0.3) is 5.91 Å². The SMILES string of the molecule is CNC(=O)c1ccccc1Nc1nc(Cc2ccc(N3CCC(N4CCCC4)CC3)cc2OC)nc2cc[nH]c12. The molecule has 0 unspecified atom stereocenters. The van der Waals surface area contributed by atoms with Gasteiger partial charge in [0.2, 0.25) is 0 Å². The highest BCUT2D eigenvalue weighted by molar-refractivity contribution is 6.01. The molecule has 2 aliphatic heterocycles. The lowest BCUT2D eigenvalue weighted by molar-refractivity contribution is 0.0964. The van der Waals surface area contributed by atoms with Crippen LogP contribution in [-0.4, -0.2) is 72.1 Å². The van der Waals surface area contributed by atoms with Gasteiger partial charge in [-0.1, -0.05) is 18.2 Å². The van der Waals surface area contributed by atoms with Crippen LogP contribution in [0.5, 0.6) is 5.75 Å². The number of hydrogen-bond acceptors (Lipinski definition) is 7. The zero-order chi connectivity index (χ0) is 27.5. The Morgan fingerprint density at radius 3 is 2.62 bits per heavy atom. The Morgan fingerprint density at radius 2 is 1.85 bits per heavy atom. The molecule has 4 aromatic rings. The number of para-hydroxylation sites is 1. The Morgan fingerprint density at radius 1 is 1.05 bits per heavy atom. The first kappa shape index (κ1) is 26.1. The summed E-state index contributed by atoms with van der Waals surface area (Å²) in [6.45, 7) is 4.68. The average molecular weight is 540 g/mol. The Hall–Kier alpha value is -4.11. The second-order valence-corrected chi connectivity index (χ2v) is 10.6. The summed E-state index contributed by atoms with van der Waals surface area (Å²) < 4.78 is 5.85. The minimum absolute atomic E-state index is 0.162. The molecule has 2 aromatic heterocycles. The van der Waals surface area contributed by atoms with Crippen LogP contribution >= 0.6 is 0 Å². The molecule has 2 saturated heterocycles. The first-order valence-corrected chi connectivity index (χ1v) is 14.2. The number of anilines is 3. The second kappa shape index (κ2) is 11.6. The Bertz CT molecular complexity index is 1490. The van der Waals surface area contributed by atoms with Crippen molar-refractivity contribution in [1.29, 1.82) is 0 Å². The first-order chi connectivity index (χ1) is 19.6. The lowest BCUT2D eigenvalue weighted by atomic mass is 10.0. The number of fused-ring (bicyclic) bond motifs is 1. The van der Waals surface area contributed by atoms with E-state index in [4.69, 9.17) is 14.7 Å². The number of aromatic amines is 1. The molecular formula is C31H37N7O2. The molecule has 0 radical (unpaired) electrons. The van der Waals surface area contributed by atoms with E-state index in [1.54, 1.807) is 20.2 Å². The molecular weight excluding hydrogens is 502 g/mol. The van der Waals surface area contributed by atoms with E-state index in [-0.39, 0.29) is 5.91 Å². The zero-order valence-electron chi connectivity index (χ0n) is 23.2. The quantitative estimate of drug-likeness (QED) is 0.298. The summed E-state index contributed by atoms with van der Waals surface area (Å²) in [5, 5.41) is 6.06. The maximum absolute atomic E-state index is 12.4. The summed E-state index contributed by atoms with van der Waals surface area (Å²) in [5.41, 5.74) is 5.06. The highest BCUT2D eigenvalue weighted by atomic mass is 16.5. The number of aromatic nitrogens is 3. The topological polar surface area (TPSA) is 98.4 Å². The summed E-state index contributed by atoms with van der Waals surface area (Å²) >= 11 is 0. The average Bonchev–Trinajstić information content (AvgIpc) is 3.70. The maximum Gasteiger partial charge on any atom is 0.253 e. The van der Waals surface area contributed by atoms with Gasteiger partial charge in [0.15, 0.2) is 5.82 Å². The van der Waals surface area contributed by atoms with Crippen LogP contribution in [0.15, 0.2) is 54.7 Å². The lowest BCUT2D eigenvalue weighted by Gasteiger charge is -2.38. The highest BCUT2D eigenvalue weighted by Gasteiger charge is 2.27. The van der Waals surface area contributed by atoms with Crippen molar-refractivity contribution in [2.24, 2.45) is 0 Å². The molecule has 2 fully saturated rings. The van der Waals surface area contributed by atoms with Crippen molar-refractivity contribution in [3.63, 3.8) is 0 Å². The summed E-state index contributed by atoms with van der Waals surface area (Å²) in [4.78, 5) is 30.5. The van der Waals surface area contributed by atoms with Crippen molar-refractivity contribution in [2.45, 2.75) is 38.1 Å². The van der Waals surface area contributed by atoms with Crippen LogP contribution in [0.1, 0.15) is 47.4 Å². The number of nitrogens with one attached hydrogen (secondary N) is 3. The lowest BCUT2D eigenvalue weighted by Crippen LogP contribution is -2.43. The van der Waals surface area contributed by atoms with E-state index in [1.165, 1.54) is 44.5 Å². The van der Waals surface area contributed by atoms with E-state index in [0.29, 0.717) is 29.3 Å². The van der Waals surface area contributed by atoms with Crippen molar-refractivity contribution < 1.29 is 9.53 Å². The van der Waals surface area contributed by atoms with E-state index < -0.39 is 0 Å². The van der Waals surface area contributed by atoms with Crippen LogP contribution in [0.25, 0.3) is 11.0 Å². The minimum atomic E-state index is -0.162. The summed E-state index contributed by atoms with van der Waals surface area (Å²) in [6.07, 6.45) is 7.50. The molecule has 0 bridgehead atoms. The van der Waals surface area contributed by atoms with Crippen molar-refractivity contribution >= 4 is 34.1 Å². The summed E-state index contributed by atoms with van der Waals surface area (Å²) in [7, 11) is 3.35. The molecule has 3 N–H and O–H groups in total. The number of nitrogens with zero attached hydrogens (tertiary/aromatic N) is 4. The van der Waals surface area contributed by atoms with Crippen LogP contribution in [0.4, 0.5) is 17.2 Å². The molecule has 0 spiro atoms. The molecule has 0 aliphatic carbocycles. The number of piperidine rings is 1. The van der Waals surface area contributed by atoms with Gasteiger partial charge in [0.05, 0.1) is 23.9 Å². The molecule has 1 amide bonds. The van der Waals surface area contributed by atoms with E-state index in [1.807, 2.05) is 30.5 Å². The van der Waals surface area contributed by atoms with E-state index in [0.717, 1.165) is 41.5 Å². The third-order valence-corrected chi connectivity index (χ3v) is 8.21. The normalized spacial score (nSPS) is 16.4. The number of methoxy groups -OCH3 is 1. The van der Waals surface area contributed by atoms with E-state index >= 15 is 0 Å². The predicted octanol–water partition coefficient (Wildman–Crippen LogP) is 4.73. The second-order valence-electron chi connectivity index (χ2n) is 10.6. The van der Waals surface area contributed by atoms with Crippen LogP contribution in [-0.2, 0) is 6.42 Å². The predicted molar refractivity (Wildman–Crippen MR) is 159 cm³/mol. The number of carbonyl (C=O) groups excluding carboxylic acids is 1. The number of rotatable bonds is 8. The molecule has 0 saturated carbocycles. The molecule has 2 aromatic carbocycles. The van der Waals surface area contributed by atoms with Gasteiger partial charge in [-0.15, -0.1) is 0 Å². The number of amides is 1. The Labute approximate surface area is 235 Å². The third-order valence-electron chi connectivity index (χ3n) is 8.21. The largest absolute Gasteiger partial charge is 0.496 e. The molecule has 40 heavy (non-hydrogen) atoms. The van der Waals surface area contributed by atoms with Gasteiger partial charge in [0, 0.05) is 56.1 Å². The van der Waals surface area contributed by atoms with Crippen molar-refractivity contribution in [2.75, 3.05) is 50.6 Å². The van der Waals surface area contributed by atoms with Crippen LogP contribution < -0.4 is 20.3 Å².